The van der Waals surface area contributed by atoms with Crippen LogP contribution in [0.4, 0.5) is 0 Å². The molecule has 6 atom stereocenters. The summed E-state index contributed by atoms with van der Waals surface area (Å²) in [7, 11) is -3.02. The number of halogens is 1. The zero-order valence-electron chi connectivity index (χ0n) is 23.5. The molecule has 1 heterocycles. The SMILES string of the molecule is COC1(Cc2ccccc2)C(O)CCC(O)(CS)C1(Cc1ccccc1)C1(C)OC1CC=C(C)C.[O-][Cl+3]([O-])([O-])O. The van der Waals surface area contributed by atoms with Gasteiger partial charge in [0.15, 0.2) is 0 Å². The van der Waals surface area contributed by atoms with E-state index in [1.54, 1.807) is 7.11 Å². The Balaban J connectivity index is 0.000000810. The smallest absolute Gasteiger partial charge is 0.109 e. The number of hydrogen-bond donors (Lipinski definition) is 4. The normalized spacial score (nSPS) is 33.5. The van der Waals surface area contributed by atoms with Crippen molar-refractivity contribution in [2.75, 3.05) is 12.9 Å². The molecular formula is C30H41ClO8S. The Morgan fingerprint density at radius 3 is 2.00 bits per heavy atom. The number of epoxide rings is 1. The van der Waals surface area contributed by atoms with E-state index in [1.807, 2.05) is 36.4 Å². The maximum Gasteiger partial charge on any atom is 0.109 e. The summed E-state index contributed by atoms with van der Waals surface area (Å²) < 4.78 is 45.8. The molecule has 40 heavy (non-hydrogen) atoms. The summed E-state index contributed by atoms with van der Waals surface area (Å²) in [6.07, 6.45) is 3.90. The van der Waals surface area contributed by atoms with Crippen molar-refractivity contribution in [1.82, 2.24) is 0 Å². The van der Waals surface area contributed by atoms with Gasteiger partial charge in [-0.05, 0) is 57.6 Å². The Hall–Kier alpha value is -1.50. The van der Waals surface area contributed by atoms with Crippen LogP contribution < -0.4 is 14.0 Å². The van der Waals surface area contributed by atoms with Crippen molar-refractivity contribution >= 4 is 12.6 Å². The van der Waals surface area contributed by atoms with Crippen molar-refractivity contribution in [2.24, 2.45) is 5.41 Å². The number of aliphatic hydroxyl groups excluding tert-OH is 1. The van der Waals surface area contributed by atoms with Gasteiger partial charge in [-0.15, -0.1) is 0 Å². The molecule has 2 aliphatic rings. The highest BCUT2D eigenvalue weighted by atomic mass is 35.7. The molecule has 1 aliphatic carbocycles. The average molecular weight is 597 g/mol. The van der Waals surface area contributed by atoms with E-state index in [1.165, 1.54) is 5.57 Å². The molecule has 1 aliphatic heterocycles. The van der Waals surface area contributed by atoms with Crippen LogP contribution in [0.5, 0.6) is 0 Å². The van der Waals surface area contributed by atoms with Gasteiger partial charge >= 0.3 is 0 Å². The van der Waals surface area contributed by atoms with Crippen molar-refractivity contribution in [3.05, 3.63) is 83.4 Å². The van der Waals surface area contributed by atoms with Crippen LogP contribution in [-0.4, -0.2) is 56.7 Å². The molecule has 0 spiro atoms. The van der Waals surface area contributed by atoms with E-state index in [9.17, 15) is 10.2 Å². The quantitative estimate of drug-likeness (QED) is 0.190. The number of allylic oxidation sites excluding steroid dienone is 1. The van der Waals surface area contributed by atoms with Crippen LogP contribution in [0.1, 0.15) is 51.2 Å². The fourth-order valence-corrected chi connectivity index (χ4v) is 7.22. The topological polar surface area (TPSA) is 152 Å². The number of thiol groups is 1. The predicted molar refractivity (Wildman–Crippen MR) is 146 cm³/mol. The standard InChI is InChI=1S/C30H40O4S.ClHO4/c1-22(2)15-16-26-27(3,34-26)30(20-24-13-9-6-10-14-24)28(32,21-35)18-17-25(31)29(30,33-4)19-23-11-7-5-8-12-23;2-1(3,4)5/h5-15,25-26,31-32,35H,16-21H2,1-4H3;(H,2,3,4,5). The Morgan fingerprint density at radius 1 is 1.05 bits per heavy atom. The van der Waals surface area contributed by atoms with Crippen molar-refractivity contribution < 1.29 is 48.6 Å². The second-order valence-corrected chi connectivity index (χ2v) is 12.3. The fourth-order valence-electron chi connectivity index (χ4n) is 6.79. The molecular weight excluding hydrogens is 556 g/mol. The van der Waals surface area contributed by atoms with E-state index in [-0.39, 0.29) is 11.9 Å². The second kappa shape index (κ2) is 12.8. The highest BCUT2D eigenvalue weighted by Crippen LogP contribution is 2.68. The molecule has 0 radical (unpaired) electrons. The molecule has 2 aromatic rings. The van der Waals surface area contributed by atoms with Gasteiger partial charge in [-0.25, -0.2) is 0 Å². The fraction of sp³-hybridized carbons (Fsp3) is 0.533. The van der Waals surface area contributed by atoms with Gasteiger partial charge < -0.3 is 19.7 Å². The van der Waals surface area contributed by atoms with Crippen LogP contribution in [0.15, 0.2) is 72.3 Å². The van der Waals surface area contributed by atoms with Crippen molar-refractivity contribution in [3.8, 4) is 0 Å². The van der Waals surface area contributed by atoms with Gasteiger partial charge in [-0.2, -0.15) is 26.6 Å². The van der Waals surface area contributed by atoms with E-state index < -0.39 is 38.6 Å². The van der Waals surface area contributed by atoms with Gasteiger partial charge in [0.2, 0.25) is 0 Å². The van der Waals surface area contributed by atoms with E-state index >= 15 is 0 Å². The van der Waals surface area contributed by atoms with Crippen molar-refractivity contribution in [1.29, 1.82) is 0 Å². The third-order valence-corrected chi connectivity index (χ3v) is 9.19. The first-order valence-corrected chi connectivity index (χ1v) is 15.2. The Labute approximate surface area is 244 Å². The van der Waals surface area contributed by atoms with Gasteiger partial charge in [0.05, 0.1) is 38.1 Å². The first kappa shape index (κ1) is 33.0. The lowest BCUT2D eigenvalue weighted by Crippen LogP contribution is -2.77. The molecule has 1 saturated heterocycles. The molecule has 1 saturated carbocycles. The third kappa shape index (κ3) is 6.60. The monoisotopic (exact) mass is 596 g/mol. The molecule has 222 valence electrons. The lowest BCUT2D eigenvalue weighted by molar-refractivity contribution is -1.92. The van der Waals surface area contributed by atoms with Crippen molar-refractivity contribution in [2.45, 2.75) is 81.9 Å². The first-order valence-electron chi connectivity index (χ1n) is 13.3. The van der Waals surface area contributed by atoms with Crippen LogP contribution in [0.25, 0.3) is 0 Å². The summed E-state index contributed by atoms with van der Waals surface area (Å²) in [5.41, 5.74) is -0.626. The van der Waals surface area contributed by atoms with E-state index in [0.29, 0.717) is 25.7 Å². The second-order valence-electron chi connectivity index (χ2n) is 11.2. The molecule has 3 N–H and O–H groups in total. The van der Waals surface area contributed by atoms with Crippen LogP contribution >= 0.6 is 12.6 Å². The zero-order valence-corrected chi connectivity index (χ0v) is 25.1. The maximum absolute atomic E-state index is 12.5. The lowest BCUT2D eigenvalue weighted by atomic mass is 9.45. The number of hydrogen-bond acceptors (Lipinski definition) is 9. The minimum Gasteiger partial charge on any atom is -0.390 e. The highest BCUT2D eigenvalue weighted by Gasteiger charge is 2.80. The minimum absolute atomic E-state index is 0.0943. The predicted octanol–water partition coefficient (Wildman–Crippen LogP) is 1.05. The number of ether oxygens (including phenoxy) is 2. The molecule has 2 aromatic carbocycles. The number of benzene rings is 2. The van der Waals surface area contributed by atoms with E-state index in [0.717, 1.165) is 17.5 Å². The molecule has 10 heteroatoms. The maximum atomic E-state index is 12.5. The summed E-state index contributed by atoms with van der Waals surface area (Å²) in [6.45, 7) is 6.27. The van der Waals surface area contributed by atoms with Crippen LogP contribution in [0.2, 0.25) is 0 Å². The van der Waals surface area contributed by atoms with Gasteiger partial charge in [0.25, 0.3) is 0 Å². The molecule has 6 unspecified atom stereocenters. The molecule has 0 amide bonds. The molecule has 0 bridgehead atoms. The highest BCUT2D eigenvalue weighted by molar-refractivity contribution is 7.80. The summed E-state index contributed by atoms with van der Waals surface area (Å²) in [5, 5.41) is 24.3. The first-order chi connectivity index (χ1) is 18.7. The summed E-state index contributed by atoms with van der Waals surface area (Å²) in [6, 6.07) is 20.3. The minimum atomic E-state index is -4.69. The van der Waals surface area contributed by atoms with E-state index in [4.69, 9.17) is 40.7 Å². The summed E-state index contributed by atoms with van der Waals surface area (Å²) in [5.74, 6) is 0.251. The molecule has 4 rings (SSSR count). The molecule has 2 fully saturated rings. The number of methoxy groups -OCH3 is 1. The van der Waals surface area contributed by atoms with Gasteiger partial charge in [0.1, 0.15) is 11.2 Å². The summed E-state index contributed by atoms with van der Waals surface area (Å²) in [4.78, 5) is 0. The Kier molecular flexibility index (Phi) is 10.6. The van der Waals surface area contributed by atoms with E-state index in [2.05, 4.69) is 51.1 Å². The molecule has 8 nitrogen and oxygen atoms in total. The largest absolute Gasteiger partial charge is 0.390 e. The Bertz CT molecular complexity index is 1120. The van der Waals surface area contributed by atoms with Gasteiger partial charge in [0, 0.05) is 19.3 Å². The van der Waals surface area contributed by atoms with Gasteiger partial charge in [-0.3, -0.25) is 0 Å². The zero-order chi connectivity index (χ0) is 29.8. The number of rotatable bonds is 9. The van der Waals surface area contributed by atoms with Gasteiger partial charge in [-0.1, -0.05) is 72.3 Å². The lowest BCUT2D eigenvalue weighted by Gasteiger charge is -2.64. The number of aliphatic hydroxyl groups is 2. The molecule has 0 aromatic heterocycles. The van der Waals surface area contributed by atoms with Crippen LogP contribution in [0, 0.1) is 15.7 Å². The van der Waals surface area contributed by atoms with Crippen LogP contribution in [-0.2, 0) is 22.3 Å². The van der Waals surface area contributed by atoms with Crippen LogP contribution in [0.3, 0.4) is 0 Å². The summed E-state index contributed by atoms with van der Waals surface area (Å²) >= 11 is 4.72. The average Bonchev–Trinajstić information content (AvgIpc) is 3.58. The van der Waals surface area contributed by atoms with Crippen molar-refractivity contribution in [3.63, 3.8) is 0 Å². The third-order valence-electron chi connectivity index (χ3n) is 8.67. The Morgan fingerprint density at radius 2 is 1.55 bits per heavy atom.